The molecule has 0 aliphatic rings. The highest BCUT2D eigenvalue weighted by Gasteiger charge is 2.32. The average molecular weight is 479 g/mol. The third-order valence-corrected chi connectivity index (χ3v) is 7.20. The number of aryl methyl sites for hydroxylation is 1. The third-order valence-electron chi connectivity index (χ3n) is 5.36. The van der Waals surface area contributed by atoms with Crippen molar-refractivity contribution in [3.8, 4) is 11.3 Å². The number of nitrogens with zero attached hydrogens (tertiary/aromatic N) is 1. The van der Waals surface area contributed by atoms with Crippen LogP contribution in [0.15, 0.2) is 82.6 Å². The highest BCUT2D eigenvalue weighted by atomic mass is 32.2. The molecule has 9 heteroatoms. The highest BCUT2D eigenvalue weighted by Crippen LogP contribution is 2.41. The summed E-state index contributed by atoms with van der Waals surface area (Å²) in [6, 6.07) is 19.8. The molecular weight excluding hydrogens is 456 g/mol. The van der Waals surface area contributed by atoms with E-state index >= 15 is 0 Å². The van der Waals surface area contributed by atoms with Crippen molar-refractivity contribution in [3.05, 3.63) is 78.4 Å². The Hall–Kier alpha value is -4.11. The number of benzene rings is 3. The Bertz CT molecular complexity index is 1490. The van der Waals surface area contributed by atoms with Gasteiger partial charge in [0.15, 0.2) is 0 Å². The molecule has 1 N–H and O–H groups in total. The van der Waals surface area contributed by atoms with Gasteiger partial charge in [-0.1, -0.05) is 48.0 Å². The van der Waals surface area contributed by atoms with E-state index in [9.17, 15) is 18.0 Å². The molecule has 8 nitrogen and oxygen atoms in total. The Morgan fingerprint density at radius 1 is 0.882 bits per heavy atom. The molecule has 0 bridgehead atoms. The van der Waals surface area contributed by atoms with Gasteiger partial charge in [-0.3, -0.25) is 5.32 Å². The number of amides is 1. The van der Waals surface area contributed by atoms with E-state index in [4.69, 9.17) is 4.74 Å². The van der Waals surface area contributed by atoms with Crippen LogP contribution in [0.2, 0.25) is 0 Å². The number of carbonyl (C=O) groups excluding carboxylic acids is 2. The summed E-state index contributed by atoms with van der Waals surface area (Å²) in [7, 11) is -1.65. The summed E-state index contributed by atoms with van der Waals surface area (Å²) < 4.78 is 38.9. The van der Waals surface area contributed by atoms with Gasteiger partial charge in [0.05, 0.1) is 30.3 Å². The smallest absolute Gasteiger partial charge is 0.418 e. The summed E-state index contributed by atoms with van der Waals surface area (Å²) in [5.41, 5.74) is 2.20. The molecule has 0 fully saturated rings. The van der Waals surface area contributed by atoms with Gasteiger partial charge in [-0.25, -0.2) is 22.6 Å². The molecule has 4 rings (SSSR count). The van der Waals surface area contributed by atoms with Crippen LogP contribution in [-0.4, -0.2) is 39.4 Å². The van der Waals surface area contributed by atoms with Gasteiger partial charge in [-0.05, 0) is 37.3 Å². The van der Waals surface area contributed by atoms with Crippen LogP contribution < -0.4 is 5.32 Å². The van der Waals surface area contributed by atoms with E-state index in [1.165, 1.54) is 37.0 Å². The number of ether oxygens (including phenoxy) is 2. The first kappa shape index (κ1) is 23.1. The molecule has 174 valence electrons. The van der Waals surface area contributed by atoms with Crippen LogP contribution in [0.5, 0.6) is 0 Å². The number of aromatic nitrogens is 1. The predicted molar refractivity (Wildman–Crippen MR) is 128 cm³/mol. The molecule has 3 aromatic carbocycles. The predicted octanol–water partition coefficient (Wildman–Crippen LogP) is 5.24. The quantitative estimate of drug-likeness (QED) is 0.430. The molecule has 0 atom stereocenters. The zero-order valence-electron chi connectivity index (χ0n) is 18.7. The molecular formula is C25H22N2O6S. The summed E-state index contributed by atoms with van der Waals surface area (Å²) in [6.45, 7) is 1.86. The largest absolute Gasteiger partial charge is 0.453 e. The van der Waals surface area contributed by atoms with Gasteiger partial charge in [0.2, 0.25) is 9.84 Å². The van der Waals surface area contributed by atoms with E-state index in [2.05, 4.69) is 10.1 Å². The first-order chi connectivity index (χ1) is 16.3. The third kappa shape index (κ3) is 4.01. The average Bonchev–Trinajstić information content (AvgIpc) is 3.19. The maximum atomic E-state index is 14.0. The van der Waals surface area contributed by atoms with Crippen molar-refractivity contribution in [2.45, 2.75) is 16.7 Å². The molecule has 0 unspecified atom stereocenters. The molecule has 1 heterocycles. The minimum Gasteiger partial charge on any atom is -0.453 e. The number of fused-ring (bicyclic) bond motifs is 1. The van der Waals surface area contributed by atoms with Crippen molar-refractivity contribution >= 4 is 38.6 Å². The Morgan fingerprint density at radius 3 is 2.18 bits per heavy atom. The topological polar surface area (TPSA) is 104 Å². The molecule has 0 saturated carbocycles. The van der Waals surface area contributed by atoms with Crippen LogP contribution in [0, 0.1) is 6.92 Å². The molecule has 1 aromatic heterocycles. The lowest BCUT2D eigenvalue weighted by atomic mass is 10.1. The lowest BCUT2D eigenvalue weighted by molar-refractivity contribution is 0.174. The molecule has 4 aromatic rings. The zero-order valence-corrected chi connectivity index (χ0v) is 19.5. The van der Waals surface area contributed by atoms with Crippen molar-refractivity contribution < 1.29 is 27.5 Å². The first-order valence-electron chi connectivity index (χ1n) is 10.3. The minimum atomic E-state index is -4.11. The van der Waals surface area contributed by atoms with Gasteiger partial charge in [0.25, 0.3) is 0 Å². The number of rotatable bonds is 4. The van der Waals surface area contributed by atoms with E-state index in [0.717, 1.165) is 5.56 Å². The van der Waals surface area contributed by atoms with Gasteiger partial charge in [0.1, 0.15) is 4.90 Å². The number of methoxy groups -OCH3 is 2. The fourth-order valence-electron chi connectivity index (χ4n) is 3.75. The number of hydrogen-bond acceptors (Lipinski definition) is 6. The normalized spacial score (nSPS) is 11.3. The van der Waals surface area contributed by atoms with Crippen molar-refractivity contribution in [3.63, 3.8) is 0 Å². The Kier molecular flexibility index (Phi) is 6.12. The Balaban J connectivity index is 2.14. The van der Waals surface area contributed by atoms with Gasteiger partial charge in [0, 0.05) is 16.6 Å². The van der Waals surface area contributed by atoms with Gasteiger partial charge < -0.3 is 9.47 Å². The molecule has 0 aliphatic heterocycles. The summed E-state index contributed by atoms with van der Waals surface area (Å²) in [5.74, 6) is 0. The van der Waals surface area contributed by atoms with Crippen LogP contribution in [-0.2, 0) is 19.3 Å². The van der Waals surface area contributed by atoms with Crippen molar-refractivity contribution in [2.24, 2.45) is 0 Å². The summed E-state index contributed by atoms with van der Waals surface area (Å²) >= 11 is 0. The lowest BCUT2D eigenvalue weighted by Gasteiger charge is -2.11. The molecule has 0 aliphatic carbocycles. The fraction of sp³-hybridized carbons (Fsp3) is 0.120. The standard InChI is InChI=1S/C25H22N2O6S/c1-16-9-12-19(13-10-16)34(30,31)23-20-15-18(26-24(28)32-2)11-14-21(20)27(25(29)33-3)22(23)17-7-5-4-6-8-17/h4-15H,1-3H3,(H,26,28). The van der Waals surface area contributed by atoms with E-state index in [0.29, 0.717) is 16.8 Å². The van der Waals surface area contributed by atoms with Crippen LogP contribution in [0.25, 0.3) is 22.2 Å². The number of anilines is 1. The van der Waals surface area contributed by atoms with Crippen LogP contribution in [0.3, 0.4) is 0 Å². The van der Waals surface area contributed by atoms with E-state index < -0.39 is 22.0 Å². The first-order valence-corrected chi connectivity index (χ1v) is 11.7. The monoisotopic (exact) mass is 478 g/mol. The van der Waals surface area contributed by atoms with Crippen LogP contribution in [0.1, 0.15) is 5.56 Å². The van der Waals surface area contributed by atoms with E-state index in [1.54, 1.807) is 54.6 Å². The number of sulfone groups is 1. The number of carbonyl (C=O) groups is 2. The van der Waals surface area contributed by atoms with E-state index in [1.807, 2.05) is 6.92 Å². The molecule has 0 saturated heterocycles. The summed E-state index contributed by atoms with van der Waals surface area (Å²) in [4.78, 5) is 24.7. The maximum Gasteiger partial charge on any atom is 0.418 e. The molecule has 0 radical (unpaired) electrons. The van der Waals surface area contributed by atoms with Crippen molar-refractivity contribution in [1.82, 2.24) is 4.57 Å². The van der Waals surface area contributed by atoms with Gasteiger partial charge in [-0.2, -0.15) is 0 Å². The minimum absolute atomic E-state index is 0.0727. The SMILES string of the molecule is COC(=O)Nc1ccc2c(c1)c(S(=O)(=O)c1ccc(C)cc1)c(-c1ccccc1)n2C(=O)OC. The number of hydrogen-bond donors (Lipinski definition) is 1. The Morgan fingerprint density at radius 2 is 1.56 bits per heavy atom. The van der Waals surface area contributed by atoms with E-state index in [-0.39, 0.29) is 20.9 Å². The number of nitrogens with one attached hydrogen (secondary N) is 1. The van der Waals surface area contributed by atoms with Crippen LogP contribution >= 0.6 is 0 Å². The second kappa shape index (κ2) is 9.03. The lowest BCUT2D eigenvalue weighted by Crippen LogP contribution is -2.14. The molecule has 34 heavy (non-hydrogen) atoms. The Labute approximate surface area is 196 Å². The summed E-state index contributed by atoms with van der Waals surface area (Å²) in [6.07, 6.45) is -1.46. The maximum absolute atomic E-state index is 14.0. The van der Waals surface area contributed by atoms with Crippen molar-refractivity contribution in [2.75, 3.05) is 19.5 Å². The fourth-order valence-corrected chi connectivity index (χ4v) is 5.40. The van der Waals surface area contributed by atoms with Crippen LogP contribution in [0.4, 0.5) is 15.3 Å². The molecule has 1 amide bonds. The van der Waals surface area contributed by atoms with Gasteiger partial charge in [-0.15, -0.1) is 0 Å². The second-order valence-corrected chi connectivity index (χ2v) is 9.40. The van der Waals surface area contributed by atoms with Gasteiger partial charge >= 0.3 is 12.2 Å². The zero-order chi connectivity index (χ0) is 24.5. The second-order valence-electron chi connectivity index (χ2n) is 7.51. The molecule has 0 spiro atoms. The highest BCUT2D eigenvalue weighted by molar-refractivity contribution is 7.91. The van der Waals surface area contributed by atoms with Crippen molar-refractivity contribution in [1.29, 1.82) is 0 Å². The summed E-state index contributed by atoms with van der Waals surface area (Å²) in [5, 5.41) is 2.79.